The lowest BCUT2D eigenvalue weighted by molar-refractivity contribution is -0.133. The number of fused-ring (bicyclic) bond motifs is 1. The number of carbonyl (C=O) groups is 2. The summed E-state index contributed by atoms with van der Waals surface area (Å²) in [5.74, 6) is -0.0636. The number of nitrogens with zero attached hydrogens (tertiary/aromatic N) is 1. The third-order valence-corrected chi connectivity index (χ3v) is 6.70. The summed E-state index contributed by atoms with van der Waals surface area (Å²) in [5.41, 5.74) is 7.28. The molecule has 0 unspecified atom stereocenters. The zero-order valence-electron chi connectivity index (χ0n) is 19.2. The molecule has 6 nitrogen and oxygen atoms in total. The van der Waals surface area contributed by atoms with E-state index in [1.54, 1.807) is 0 Å². The Kier molecular flexibility index (Phi) is 8.16. The van der Waals surface area contributed by atoms with Crippen LogP contribution in [0, 0.1) is 0 Å². The van der Waals surface area contributed by atoms with Crippen LogP contribution in [0.4, 0.5) is 0 Å². The van der Waals surface area contributed by atoms with Crippen molar-refractivity contribution in [3.8, 4) is 0 Å². The van der Waals surface area contributed by atoms with Crippen molar-refractivity contribution < 1.29 is 9.59 Å². The van der Waals surface area contributed by atoms with Crippen LogP contribution >= 0.6 is 11.6 Å². The first kappa shape index (κ1) is 24.2. The van der Waals surface area contributed by atoms with Gasteiger partial charge < -0.3 is 21.3 Å². The zero-order valence-corrected chi connectivity index (χ0v) is 19.9. The fraction of sp³-hybridized carbons (Fsp3) is 0.333. The van der Waals surface area contributed by atoms with Gasteiger partial charge in [0.1, 0.15) is 0 Å². The molecule has 1 aliphatic heterocycles. The Morgan fingerprint density at radius 3 is 2.65 bits per heavy atom. The van der Waals surface area contributed by atoms with Gasteiger partial charge in [0.2, 0.25) is 5.91 Å². The summed E-state index contributed by atoms with van der Waals surface area (Å²) in [6.45, 7) is 2.03. The number of carbonyl (C=O) groups excluding carboxylic acids is 2. The number of halogens is 1. The monoisotopic (exact) mass is 478 g/mol. The molecule has 1 aliphatic rings. The highest BCUT2D eigenvalue weighted by atomic mass is 35.5. The molecule has 0 spiro atoms. The van der Waals surface area contributed by atoms with E-state index in [2.05, 4.69) is 10.6 Å². The Morgan fingerprint density at radius 1 is 1.09 bits per heavy atom. The quantitative estimate of drug-likeness (QED) is 0.460. The molecule has 3 aromatic carbocycles. The number of hydrogen-bond donors (Lipinski definition) is 3. The third kappa shape index (κ3) is 5.95. The van der Waals surface area contributed by atoms with Gasteiger partial charge in [-0.3, -0.25) is 9.59 Å². The Hall–Kier alpha value is -2.93. The van der Waals surface area contributed by atoms with Gasteiger partial charge in [-0.05, 0) is 60.3 Å². The van der Waals surface area contributed by atoms with Crippen molar-refractivity contribution in [3.63, 3.8) is 0 Å². The minimum absolute atomic E-state index is 0.0209. The van der Waals surface area contributed by atoms with Crippen LogP contribution in [0.25, 0.3) is 10.8 Å². The van der Waals surface area contributed by atoms with Crippen molar-refractivity contribution in [2.75, 3.05) is 19.6 Å². The van der Waals surface area contributed by atoms with Gasteiger partial charge in [0.15, 0.2) is 0 Å². The first-order chi connectivity index (χ1) is 16.5. The molecule has 1 fully saturated rings. The molecule has 2 amide bonds. The smallest absolute Gasteiger partial charge is 0.251 e. The van der Waals surface area contributed by atoms with Gasteiger partial charge in [0.05, 0.1) is 6.04 Å². The van der Waals surface area contributed by atoms with Gasteiger partial charge in [-0.25, -0.2) is 0 Å². The largest absolute Gasteiger partial charge is 0.350 e. The average molecular weight is 479 g/mol. The fourth-order valence-electron chi connectivity index (χ4n) is 4.41. The van der Waals surface area contributed by atoms with E-state index < -0.39 is 0 Å². The third-order valence-electron chi connectivity index (χ3n) is 6.33. The Labute approximate surface area is 205 Å². The highest BCUT2D eigenvalue weighted by molar-refractivity contribution is 6.31. The zero-order chi connectivity index (χ0) is 23.9. The molecule has 1 heterocycles. The lowest BCUT2D eigenvalue weighted by Gasteiger charge is -2.25. The minimum Gasteiger partial charge on any atom is -0.350 e. The van der Waals surface area contributed by atoms with Gasteiger partial charge in [-0.1, -0.05) is 60.1 Å². The number of amides is 2. The van der Waals surface area contributed by atoms with Crippen LogP contribution in [-0.2, 0) is 11.3 Å². The number of nitrogens with two attached hydrogens (primary N) is 1. The Bertz CT molecular complexity index is 1150. The number of hydrogen-bond acceptors (Lipinski definition) is 4. The molecule has 1 saturated heterocycles. The maximum atomic E-state index is 13.3. The number of nitrogens with one attached hydrogen (secondary N) is 2. The second-order valence-corrected chi connectivity index (χ2v) is 9.17. The van der Waals surface area contributed by atoms with Gasteiger partial charge in [-0.15, -0.1) is 0 Å². The Balaban J connectivity index is 1.42. The molecule has 0 radical (unpaired) electrons. The van der Waals surface area contributed by atoms with Crippen molar-refractivity contribution in [2.45, 2.75) is 37.9 Å². The van der Waals surface area contributed by atoms with Gasteiger partial charge >= 0.3 is 0 Å². The summed E-state index contributed by atoms with van der Waals surface area (Å²) in [6.07, 6.45) is 2.14. The first-order valence-corrected chi connectivity index (χ1v) is 12.2. The summed E-state index contributed by atoms with van der Waals surface area (Å²) in [5, 5.41) is 9.31. The fourth-order valence-corrected chi connectivity index (χ4v) is 4.60. The van der Waals surface area contributed by atoms with Crippen LogP contribution in [0.2, 0.25) is 5.02 Å². The van der Waals surface area contributed by atoms with Gasteiger partial charge in [0.25, 0.3) is 5.91 Å². The lowest BCUT2D eigenvalue weighted by atomic mass is 10.1. The molecule has 178 valence electrons. The summed E-state index contributed by atoms with van der Waals surface area (Å²) >= 11 is 6.34. The molecular weight excluding hydrogens is 448 g/mol. The SMILES string of the molecule is NCCC[C@@H]1N[C@H](CNC(=O)c2ccc3ccccc3c2)CCN(Cc2ccccc2Cl)C1=O. The first-order valence-electron chi connectivity index (χ1n) is 11.8. The van der Waals surface area contributed by atoms with E-state index in [-0.39, 0.29) is 23.9 Å². The highest BCUT2D eigenvalue weighted by Crippen LogP contribution is 2.20. The van der Waals surface area contributed by atoms with E-state index in [1.165, 1.54) is 0 Å². The highest BCUT2D eigenvalue weighted by Gasteiger charge is 2.30. The van der Waals surface area contributed by atoms with E-state index in [1.807, 2.05) is 71.6 Å². The van der Waals surface area contributed by atoms with Crippen molar-refractivity contribution in [2.24, 2.45) is 5.73 Å². The van der Waals surface area contributed by atoms with Crippen LogP contribution in [0.15, 0.2) is 66.7 Å². The molecule has 0 saturated carbocycles. The van der Waals surface area contributed by atoms with Gasteiger partial charge in [0, 0.05) is 36.3 Å². The van der Waals surface area contributed by atoms with E-state index in [0.717, 1.165) is 29.2 Å². The summed E-state index contributed by atoms with van der Waals surface area (Å²) in [4.78, 5) is 28.0. The van der Waals surface area contributed by atoms with E-state index >= 15 is 0 Å². The summed E-state index contributed by atoms with van der Waals surface area (Å²) in [6, 6.07) is 20.9. The minimum atomic E-state index is -0.337. The van der Waals surface area contributed by atoms with Crippen LogP contribution in [-0.4, -0.2) is 48.4 Å². The predicted octanol–water partition coefficient (Wildman–Crippen LogP) is 3.72. The van der Waals surface area contributed by atoms with Crippen LogP contribution in [0.1, 0.15) is 35.2 Å². The lowest BCUT2D eigenvalue weighted by Crippen LogP contribution is -2.48. The molecule has 4 rings (SSSR count). The molecular formula is C27H31ClN4O2. The van der Waals surface area contributed by atoms with Gasteiger partial charge in [-0.2, -0.15) is 0 Å². The molecule has 0 aromatic heterocycles. The van der Waals surface area contributed by atoms with Crippen LogP contribution < -0.4 is 16.4 Å². The molecule has 4 N–H and O–H groups in total. The van der Waals surface area contributed by atoms with Crippen LogP contribution in [0.5, 0.6) is 0 Å². The normalized spacial score (nSPS) is 18.6. The van der Waals surface area contributed by atoms with Crippen molar-refractivity contribution in [3.05, 3.63) is 82.9 Å². The molecule has 34 heavy (non-hydrogen) atoms. The summed E-state index contributed by atoms with van der Waals surface area (Å²) < 4.78 is 0. The van der Waals surface area contributed by atoms with Crippen molar-refractivity contribution in [1.29, 1.82) is 0 Å². The maximum Gasteiger partial charge on any atom is 0.251 e. The average Bonchev–Trinajstić information content (AvgIpc) is 3.01. The number of benzene rings is 3. The second-order valence-electron chi connectivity index (χ2n) is 8.76. The molecule has 0 bridgehead atoms. The molecule has 7 heteroatoms. The topological polar surface area (TPSA) is 87.5 Å². The van der Waals surface area contributed by atoms with E-state index in [9.17, 15) is 9.59 Å². The van der Waals surface area contributed by atoms with Crippen molar-refractivity contribution in [1.82, 2.24) is 15.5 Å². The molecule has 3 aromatic rings. The number of rotatable bonds is 8. The second kappa shape index (κ2) is 11.5. The van der Waals surface area contributed by atoms with E-state index in [4.69, 9.17) is 17.3 Å². The van der Waals surface area contributed by atoms with Crippen molar-refractivity contribution >= 4 is 34.2 Å². The molecule has 0 aliphatic carbocycles. The standard InChI is InChI=1S/C27H31ClN4O2/c28-24-9-4-3-8-22(24)18-32-15-13-23(31-25(27(32)34)10-5-14-29)17-30-26(33)21-12-11-19-6-1-2-7-20(19)16-21/h1-4,6-9,11-12,16,23,25,31H,5,10,13-15,17-18,29H2,(H,30,33)/t23-,25-/m0/s1. The Morgan fingerprint density at radius 2 is 1.85 bits per heavy atom. The summed E-state index contributed by atoms with van der Waals surface area (Å²) in [7, 11) is 0. The predicted molar refractivity (Wildman–Crippen MR) is 137 cm³/mol. The van der Waals surface area contributed by atoms with Crippen LogP contribution in [0.3, 0.4) is 0 Å². The maximum absolute atomic E-state index is 13.3. The molecule has 2 atom stereocenters. The van der Waals surface area contributed by atoms with E-state index in [0.29, 0.717) is 43.2 Å².